The first-order valence-electron chi connectivity index (χ1n) is 40.9. The largest absolute Gasteiger partial charge is 0.310 e. The maximum Gasteiger partial charge on any atom is 0.252 e. The second-order valence-corrected chi connectivity index (χ2v) is 32.8. The summed E-state index contributed by atoms with van der Waals surface area (Å²) in [5.41, 5.74) is 29.3. The fraction of sp³-hybridized carbons (Fsp3) is 0.0357. The highest BCUT2D eigenvalue weighted by atomic mass is 15.2. The Morgan fingerprint density at radius 3 is 0.838 bits per heavy atom. The van der Waals surface area contributed by atoms with Crippen molar-refractivity contribution in [3.8, 4) is 55.6 Å². The molecular formula is C112H75BN4. The number of para-hydroxylation sites is 6. The molecule has 0 amide bonds. The Morgan fingerprint density at radius 1 is 0.205 bits per heavy atom. The molecule has 5 heteroatoms. The van der Waals surface area contributed by atoms with Gasteiger partial charge in [-0.25, -0.2) is 0 Å². The Hall–Kier alpha value is -14.8. The highest BCUT2D eigenvalue weighted by molar-refractivity contribution is 7.00. The van der Waals surface area contributed by atoms with Gasteiger partial charge in [0.1, 0.15) is 0 Å². The molecule has 22 aromatic rings. The summed E-state index contributed by atoms with van der Waals surface area (Å²) in [6, 6.07) is 153. The summed E-state index contributed by atoms with van der Waals surface area (Å²) in [5.74, 6) is 0. The SMILES string of the molecule is CC(C)(C)c1ccccc1-c1cc2c3c(c1)N(c1c(-c4ccccc4)cccc1-c1ccccc1)c1cc4c(cc1B3c1cc3c5ccccc5c5ccccc5c5cccc6c7ccccc7n(c3cc1N2c1c(-c2ccccc2)cccc1-c1ccccc1)c56)c1ccccc1c1ccccc1c1cccc2c3ccccc3n4c12. The van der Waals surface area contributed by atoms with Gasteiger partial charge in [-0.15, -0.1) is 0 Å². The van der Waals surface area contributed by atoms with Gasteiger partial charge in [-0.1, -0.05) is 385 Å². The molecule has 18 aromatic carbocycles. The normalized spacial score (nSPS) is 12.7. The number of hydrogen-bond donors (Lipinski definition) is 0. The maximum atomic E-state index is 2.76. The minimum atomic E-state index is -0.426. The zero-order chi connectivity index (χ0) is 77.3. The van der Waals surface area contributed by atoms with Crippen LogP contribution < -0.4 is 26.2 Å². The van der Waals surface area contributed by atoms with E-state index in [9.17, 15) is 0 Å². The van der Waals surface area contributed by atoms with Gasteiger partial charge in [-0.3, -0.25) is 0 Å². The zero-order valence-corrected chi connectivity index (χ0v) is 65.0. The topological polar surface area (TPSA) is 15.3 Å². The van der Waals surface area contributed by atoms with Gasteiger partial charge in [0.25, 0.3) is 6.71 Å². The van der Waals surface area contributed by atoms with Crippen LogP contribution in [0.2, 0.25) is 0 Å². The number of rotatable bonds is 7. The number of benzene rings is 18. The van der Waals surface area contributed by atoms with Gasteiger partial charge < -0.3 is 18.6 Å². The van der Waals surface area contributed by atoms with Crippen LogP contribution >= 0.6 is 0 Å². The van der Waals surface area contributed by atoms with Gasteiger partial charge in [-0.2, -0.15) is 0 Å². The molecule has 117 heavy (non-hydrogen) atoms. The van der Waals surface area contributed by atoms with Crippen LogP contribution in [0, 0.1) is 0 Å². The third-order valence-corrected chi connectivity index (χ3v) is 25.5. The second kappa shape index (κ2) is 25.9. The van der Waals surface area contributed by atoms with Gasteiger partial charge in [0.15, 0.2) is 0 Å². The third-order valence-electron chi connectivity index (χ3n) is 25.5. The van der Waals surface area contributed by atoms with Crippen molar-refractivity contribution < 1.29 is 0 Å². The summed E-state index contributed by atoms with van der Waals surface area (Å²) in [5, 5.41) is 18.9. The molecule has 24 rings (SSSR count). The van der Waals surface area contributed by atoms with E-state index in [1.807, 2.05) is 0 Å². The first-order valence-corrected chi connectivity index (χ1v) is 40.9. The molecule has 0 radical (unpaired) electrons. The minimum absolute atomic E-state index is 0.260. The molecule has 6 heterocycles. The molecule has 0 spiro atoms. The van der Waals surface area contributed by atoms with Crippen molar-refractivity contribution in [1.82, 2.24) is 8.80 Å². The van der Waals surface area contributed by atoms with Crippen LogP contribution in [-0.4, -0.2) is 15.5 Å². The highest BCUT2D eigenvalue weighted by Gasteiger charge is 2.47. The van der Waals surface area contributed by atoms with Crippen LogP contribution in [0.3, 0.4) is 0 Å². The summed E-state index contributed by atoms with van der Waals surface area (Å²) >= 11 is 0. The molecule has 4 nitrogen and oxygen atoms in total. The lowest BCUT2D eigenvalue weighted by Gasteiger charge is -2.46. The second-order valence-electron chi connectivity index (χ2n) is 32.8. The van der Waals surface area contributed by atoms with E-state index in [0.717, 1.165) is 128 Å². The zero-order valence-electron chi connectivity index (χ0n) is 65.0. The Labute approximate surface area is 678 Å². The van der Waals surface area contributed by atoms with E-state index in [1.54, 1.807) is 0 Å². The van der Waals surface area contributed by atoms with Crippen molar-refractivity contribution in [3.05, 3.63) is 406 Å². The van der Waals surface area contributed by atoms with Gasteiger partial charge in [0.2, 0.25) is 0 Å². The van der Waals surface area contributed by atoms with E-state index in [0.29, 0.717) is 0 Å². The van der Waals surface area contributed by atoms with Gasteiger partial charge in [0.05, 0.1) is 44.5 Å². The molecule has 546 valence electrons. The molecule has 4 aromatic heterocycles. The lowest BCUT2D eigenvalue weighted by Crippen LogP contribution is -2.61. The molecule has 0 fully saturated rings. The summed E-state index contributed by atoms with van der Waals surface area (Å²) in [6.07, 6.45) is 0. The van der Waals surface area contributed by atoms with Crippen molar-refractivity contribution >= 4 is 177 Å². The first-order chi connectivity index (χ1) is 57.8. The fourth-order valence-electron chi connectivity index (χ4n) is 20.6. The summed E-state index contributed by atoms with van der Waals surface area (Å²) < 4.78 is 5.29. The van der Waals surface area contributed by atoms with E-state index < -0.39 is 6.71 Å². The molecule has 0 N–H and O–H groups in total. The summed E-state index contributed by atoms with van der Waals surface area (Å²) in [6.45, 7) is 6.70. The summed E-state index contributed by atoms with van der Waals surface area (Å²) in [7, 11) is 0. The van der Waals surface area contributed by atoms with Crippen molar-refractivity contribution in [3.63, 3.8) is 0 Å². The van der Waals surface area contributed by atoms with Crippen molar-refractivity contribution in [2.45, 2.75) is 26.2 Å². The lowest BCUT2D eigenvalue weighted by atomic mass is 9.33. The predicted octanol–water partition coefficient (Wildman–Crippen LogP) is 28.6. The van der Waals surface area contributed by atoms with Crippen molar-refractivity contribution in [2.75, 3.05) is 9.80 Å². The maximum absolute atomic E-state index is 2.76. The van der Waals surface area contributed by atoms with Gasteiger partial charge in [0, 0.05) is 88.1 Å². The molecule has 0 saturated carbocycles. The van der Waals surface area contributed by atoms with Crippen LogP contribution in [0.5, 0.6) is 0 Å². The average Bonchev–Trinajstić information content (AvgIpc) is 1.43. The molecule has 2 aliphatic heterocycles. The standard InChI is InChI=1S/C112H75BN4/c1-112(2,3)96-61-27-24-42-75(96)74-64-105-107-106(65-74)117(109-78(72-38-12-6-13-39-72)55-31-56-79(109)73-40-14-7-15-41-73)104-69-102-95(87-50-23-19-46-83(87)81-44-17-21-48-85(81)91-58-33-60-93-89-52-26-29-63-100(89)115(102)111(91)93)67-98(104)113(107)97-66-94-86-49-22-18-45-82(86)80-43-16-20-47-84(80)90-57-32-59-92-88-51-25-28-62-99(88)114(110(90)92)101(94)68-103(97)116(105)108-76(70-34-8-4-9-35-70)53-30-54-77(108)71-36-10-5-11-37-71/h4-69H,1-3H3. The van der Waals surface area contributed by atoms with E-state index in [-0.39, 0.29) is 5.41 Å². The molecule has 2 aliphatic rings. The van der Waals surface area contributed by atoms with Gasteiger partial charge in [-0.05, 0) is 140 Å². The number of aromatic nitrogens is 2. The molecule has 0 unspecified atom stereocenters. The highest BCUT2D eigenvalue weighted by Crippen LogP contribution is 2.56. The third kappa shape index (κ3) is 9.97. The lowest BCUT2D eigenvalue weighted by molar-refractivity contribution is 0.592. The van der Waals surface area contributed by atoms with Crippen molar-refractivity contribution in [2.24, 2.45) is 0 Å². The Balaban J connectivity index is 0.993. The number of anilines is 6. The molecule has 0 aliphatic carbocycles. The van der Waals surface area contributed by atoms with E-state index in [2.05, 4.69) is 440 Å². The van der Waals surface area contributed by atoms with Crippen LogP contribution in [0.15, 0.2) is 400 Å². The Bertz CT molecular complexity index is 7500. The smallest absolute Gasteiger partial charge is 0.252 e. The Kier molecular flexibility index (Phi) is 14.8. The molecule has 0 atom stereocenters. The monoisotopic (exact) mass is 1490 g/mol. The first kappa shape index (κ1) is 66.8. The van der Waals surface area contributed by atoms with Crippen LogP contribution in [-0.2, 0) is 5.41 Å². The molecule has 0 saturated heterocycles. The van der Waals surface area contributed by atoms with Gasteiger partial charge >= 0.3 is 0 Å². The van der Waals surface area contributed by atoms with Crippen LogP contribution in [0.1, 0.15) is 26.3 Å². The van der Waals surface area contributed by atoms with E-state index in [4.69, 9.17) is 0 Å². The predicted molar refractivity (Wildman–Crippen MR) is 501 cm³/mol. The molecular weight excluding hydrogens is 1410 g/mol. The van der Waals surface area contributed by atoms with E-state index in [1.165, 1.54) is 103 Å². The number of fused-ring (bicyclic) bond motifs is 24. The average molecular weight is 1490 g/mol. The Morgan fingerprint density at radius 2 is 0.479 bits per heavy atom. The van der Waals surface area contributed by atoms with Crippen LogP contribution in [0.25, 0.3) is 175 Å². The van der Waals surface area contributed by atoms with Crippen LogP contribution in [0.4, 0.5) is 34.1 Å². The number of hydrogen-bond acceptors (Lipinski definition) is 2. The fourth-order valence-corrected chi connectivity index (χ4v) is 20.6. The van der Waals surface area contributed by atoms with E-state index >= 15 is 0 Å². The number of nitrogens with zero attached hydrogens (tertiary/aromatic N) is 4. The molecule has 0 bridgehead atoms. The minimum Gasteiger partial charge on any atom is -0.310 e. The van der Waals surface area contributed by atoms with Crippen molar-refractivity contribution in [1.29, 1.82) is 0 Å². The quantitative estimate of drug-likeness (QED) is 0.148. The summed E-state index contributed by atoms with van der Waals surface area (Å²) in [4.78, 5) is 5.52.